The van der Waals surface area contributed by atoms with Crippen molar-refractivity contribution in [1.82, 2.24) is 9.97 Å². The predicted octanol–water partition coefficient (Wildman–Crippen LogP) is 6.36. The van der Waals surface area contributed by atoms with E-state index in [1.54, 1.807) is 0 Å². The Morgan fingerprint density at radius 1 is 0.857 bits per heavy atom. The normalized spacial score (nSPS) is 15.7. The van der Waals surface area contributed by atoms with Crippen molar-refractivity contribution < 1.29 is 0 Å². The second kappa shape index (κ2) is 7.54. The van der Waals surface area contributed by atoms with Crippen LogP contribution in [0.2, 0.25) is 0 Å². The van der Waals surface area contributed by atoms with Crippen molar-refractivity contribution in [2.24, 2.45) is 0 Å². The van der Waals surface area contributed by atoms with E-state index in [0.29, 0.717) is 6.04 Å². The third kappa shape index (κ3) is 3.76. The van der Waals surface area contributed by atoms with Crippen LogP contribution >= 0.6 is 0 Å². The number of rotatable bonds is 3. The highest BCUT2D eigenvalue weighted by Gasteiger charge is 2.22. The van der Waals surface area contributed by atoms with Gasteiger partial charge in [0.25, 0.3) is 0 Å². The number of fused-ring (bicyclic) bond motifs is 1. The third-order valence-corrected chi connectivity index (χ3v) is 6.05. The quantitative estimate of drug-likeness (QED) is 0.534. The molecular formula is C25H31N3. The molecule has 0 spiro atoms. The Morgan fingerprint density at radius 2 is 1.54 bits per heavy atom. The lowest BCUT2D eigenvalue weighted by Gasteiger charge is -2.32. The van der Waals surface area contributed by atoms with Gasteiger partial charge in [0.05, 0.1) is 5.52 Å². The van der Waals surface area contributed by atoms with E-state index >= 15 is 0 Å². The largest absolute Gasteiger partial charge is 0.356 e. The van der Waals surface area contributed by atoms with Gasteiger partial charge in [-0.05, 0) is 36.0 Å². The first-order valence-corrected chi connectivity index (χ1v) is 10.5. The van der Waals surface area contributed by atoms with Gasteiger partial charge in [-0.25, -0.2) is 9.97 Å². The molecule has 1 aromatic heterocycles. The van der Waals surface area contributed by atoms with E-state index in [0.717, 1.165) is 28.1 Å². The minimum Gasteiger partial charge on any atom is -0.356 e. The first-order valence-electron chi connectivity index (χ1n) is 10.5. The Balaban J connectivity index is 1.77. The molecule has 1 aliphatic rings. The summed E-state index contributed by atoms with van der Waals surface area (Å²) >= 11 is 0. The van der Waals surface area contributed by atoms with Crippen molar-refractivity contribution in [1.29, 1.82) is 0 Å². The van der Waals surface area contributed by atoms with Crippen LogP contribution in [0.15, 0.2) is 48.5 Å². The minimum absolute atomic E-state index is 0.148. The van der Waals surface area contributed by atoms with Crippen molar-refractivity contribution in [3.8, 4) is 11.4 Å². The SMILES string of the molecule is CN(c1nc(-c2ccc(C(C)(C)C)cc2)nc2ccccc12)C1CCCCC1. The third-order valence-electron chi connectivity index (χ3n) is 6.05. The standard InChI is InChI=1S/C25H31N3/c1-25(2,3)19-16-14-18(15-17-19)23-26-22-13-9-8-12-21(22)24(27-23)28(4)20-10-6-5-7-11-20/h8-9,12-17,20H,5-7,10-11H2,1-4H3. The summed E-state index contributed by atoms with van der Waals surface area (Å²) < 4.78 is 0. The first kappa shape index (κ1) is 18.9. The fraction of sp³-hybridized carbons (Fsp3) is 0.440. The van der Waals surface area contributed by atoms with Gasteiger partial charge in [0, 0.05) is 24.0 Å². The van der Waals surface area contributed by atoms with Gasteiger partial charge in [0.2, 0.25) is 0 Å². The summed E-state index contributed by atoms with van der Waals surface area (Å²) in [5.41, 5.74) is 3.58. The summed E-state index contributed by atoms with van der Waals surface area (Å²) in [5, 5.41) is 1.14. The zero-order valence-corrected chi connectivity index (χ0v) is 17.6. The van der Waals surface area contributed by atoms with E-state index in [1.807, 2.05) is 0 Å². The topological polar surface area (TPSA) is 29.0 Å². The zero-order chi connectivity index (χ0) is 19.7. The summed E-state index contributed by atoms with van der Waals surface area (Å²) in [4.78, 5) is 12.3. The Bertz CT molecular complexity index is 948. The number of anilines is 1. The van der Waals surface area contributed by atoms with E-state index in [2.05, 4.69) is 81.2 Å². The molecule has 0 N–H and O–H groups in total. The first-order chi connectivity index (χ1) is 13.4. The van der Waals surface area contributed by atoms with Crippen molar-refractivity contribution in [2.45, 2.75) is 64.3 Å². The van der Waals surface area contributed by atoms with Gasteiger partial charge in [-0.3, -0.25) is 0 Å². The molecule has 3 nitrogen and oxygen atoms in total. The maximum Gasteiger partial charge on any atom is 0.162 e. The minimum atomic E-state index is 0.148. The number of para-hydroxylation sites is 1. The molecule has 28 heavy (non-hydrogen) atoms. The van der Waals surface area contributed by atoms with Gasteiger partial charge in [-0.1, -0.05) is 76.4 Å². The van der Waals surface area contributed by atoms with E-state index in [-0.39, 0.29) is 5.41 Å². The monoisotopic (exact) mass is 373 g/mol. The summed E-state index contributed by atoms with van der Waals surface area (Å²) in [6, 6.07) is 17.7. The molecule has 0 aliphatic heterocycles. The molecule has 146 valence electrons. The molecule has 3 aromatic rings. The van der Waals surface area contributed by atoms with Crippen LogP contribution in [0.1, 0.15) is 58.4 Å². The zero-order valence-electron chi connectivity index (χ0n) is 17.6. The molecule has 1 saturated carbocycles. The van der Waals surface area contributed by atoms with Crippen molar-refractivity contribution in [3.05, 3.63) is 54.1 Å². The van der Waals surface area contributed by atoms with Gasteiger partial charge >= 0.3 is 0 Å². The Hall–Kier alpha value is -2.42. The molecule has 0 unspecified atom stereocenters. The van der Waals surface area contributed by atoms with Crippen LogP contribution in [-0.2, 0) is 5.41 Å². The molecule has 1 aliphatic carbocycles. The van der Waals surface area contributed by atoms with Crippen LogP contribution in [0, 0.1) is 0 Å². The number of benzene rings is 2. The second-order valence-electron chi connectivity index (χ2n) is 9.12. The molecule has 0 amide bonds. The fourth-order valence-corrected chi connectivity index (χ4v) is 4.22. The number of nitrogens with zero attached hydrogens (tertiary/aromatic N) is 3. The van der Waals surface area contributed by atoms with Gasteiger partial charge in [-0.15, -0.1) is 0 Å². The van der Waals surface area contributed by atoms with E-state index in [4.69, 9.17) is 9.97 Å². The molecular weight excluding hydrogens is 342 g/mol. The number of aromatic nitrogens is 2. The summed E-state index contributed by atoms with van der Waals surface area (Å²) in [6.45, 7) is 6.73. The van der Waals surface area contributed by atoms with E-state index < -0.39 is 0 Å². The highest BCUT2D eigenvalue weighted by molar-refractivity contribution is 5.91. The van der Waals surface area contributed by atoms with Crippen LogP contribution in [0.25, 0.3) is 22.3 Å². The molecule has 3 heteroatoms. The average molecular weight is 374 g/mol. The van der Waals surface area contributed by atoms with Crippen LogP contribution in [-0.4, -0.2) is 23.1 Å². The highest BCUT2D eigenvalue weighted by atomic mass is 15.2. The van der Waals surface area contributed by atoms with Crippen LogP contribution < -0.4 is 4.90 Å². The predicted molar refractivity (Wildman–Crippen MR) is 119 cm³/mol. The number of hydrogen-bond donors (Lipinski definition) is 0. The molecule has 0 radical (unpaired) electrons. The van der Waals surface area contributed by atoms with Gasteiger partial charge in [0.1, 0.15) is 5.82 Å². The molecule has 1 fully saturated rings. The molecule has 0 bridgehead atoms. The maximum absolute atomic E-state index is 5.05. The van der Waals surface area contributed by atoms with E-state index in [1.165, 1.54) is 37.7 Å². The molecule has 4 rings (SSSR count). The lowest BCUT2D eigenvalue weighted by molar-refractivity contribution is 0.426. The summed E-state index contributed by atoms with van der Waals surface area (Å²) in [6.07, 6.45) is 6.51. The van der Waals surface area contributed by atoms with Gasteiger partial charge < -0.3 is 4.90 Å². The van der Waals surface area contributed by atoms with Gasteiger partial charge in [0.15, 0.2) is 5.82 Å². The average Bonchev–Trinajstić information content (AvgIpc) is 2.72. The van der Waals surface area contributed by atoms with E-state index in [9.17, 15) is 0 Å². The Labute approximate surface area is 168 Å². The highest BCUT2D eigenvalue weighted by Crippen LogP contribution is 2.32. The lowest BCUT2D eigenvalue weighted by atomic mass is 9.86. The molecule has 1 heterocycles. The lowest BCUT2D eigenvalue weighted by Crippen LogP contribution is -2.34. The number of hydrogen-bond acceptors (Lipinski definition) is 3. The molecule has 2 aromatic carbocycles. The molecule has 0 saturated heterocycles. The fourth-order valence-electron chi connectivity index (χ4n) is 4.22. The van der Waals surface area contributed by atoms with Crippen molar-refractivity contribution >= 4 is 16.7 Å². The summed E-state index contributed by atoms with van der Waals surface area (Å²) in [5.74, 6) is 1.88. The smallest absolute Gasteiger partial charge is 0.162 e. The molecule has 0 atom stereocenters. The van der Waals surface area contributed by atoms with Crippen LogP contribution in [0.3, 0.4) is 0 Å². The van der Waals surface area contributed by atoms with Crippen molar-refractivity contribution in [3.63, 3.8) is 0 Å². The van der Waals surface area contributed by atoms with Crippen LogP contribution in [0.5, 0.6) is 0 Å². The second-order valence-corrected chi connectivity index (χ2v) is 9.12. The maximum atomic E-state index is 5.05. The Kier molecular flexibility index (Phi) is 5.09. The van der Waals surface area contributed by atoms with Gasteiger partial charge in [-0.2, -0.15) is 0 Å². The van der Waals surface area contributed by atoms with Crippen LogP contribution in [0.4, 0.5) is 5.82 Å². The summed E-state index contributed by atoms with van der Waals surface area (Å²) in [7, 11) is 2.21. The van der Waals surface area contributed by atoms with Crippen molar-refractivity contribution in [2.75, 3.05) is 11.9 Å². The Morgan fingerprint density at radius 3 is 2.21 bits per heavy atom.